The molecule has 1 aromatic carbocycles. The molecule has 1 aliphatic heterocycles. The van der Waals surface area contributed by atoms with Gasteiger partial charge in [0.05, 0.1) is 24.2 Å². The lowest BCUT2D eigenvalue weighted by atomic mass is 10.2. The van der Waals surface area contributed by atoms with Crippen molar-refractivity contribution in [3.05, 3.63) is 29.6 Å². The zero-order valence-electron chi connectivity index (χ0n) is 11.4. The molecule has 112 valence electrons. The van der Waals surface area contributed by atoms with Crippen molar-refractivity contribution in [1.29, 1.82) is 0 Å². The van der Waals surface area contributed by atoms with Crippen LogP contribution in [0.5, 0.6) is 0 Å². The van der Waals surface area contributed by atoms with Gasteiger partial charge in [-0.2, -0.15) is 4.31 Å². The van der Waals surface area contributed by atoms with Crippen LogP contribution in [0.15, 0.2) is 23.1 Å². The Morgan fingerprint density at radius 3 is 2.80 bits per heavy atom. The second-order valence-corrected chi connectivity index (χ2v) is 6.83. The number of ether oxygens (including phenoxy) is 1. The van der Waals surface area contributed by atoms with E-state index in [1.807, 2.05) is 0 Å². The lowest BCUT2D eigenvalue weighted by Gasteiger charge is -2.36. The van der Waals surface area contributed by atoms with E-state index in [4.69, 9.17) is 9.84 Å². The average Bonchev–Trinajstić information content (AvgIpc) is 2.38. The minimum Gasteiger partial charge on any atom is -0.394 e. The fourth-order valence-corrected chi connectivity index (χ4v) is 4.12. The van der Waals surface area contributed by atoms with Crippen LogP contribution < -0.4 is 0 Å². The number of aliphatic hydroxyl groups excluding tert-OH is 1. The van der Waals surface area contributed by atoms with Crippen LogP contribution in [0.3, 0.4) is 0 Å². The highest BCUT2D eigenvalue weighted by Gasteiger charge is 2.36. The number of nitrogens with zero attached hydrogens (tertiary/aromatic N) is 1. The Labute approximate surface area is 118 Å². The van der Waals surface area contributed by atoms with Crippen LogP contribution in [0, 0.1) is 12.7 Å². The molecule has 7 heteroatoms. The van der Waals surface area contributed by atoms with Crippen molar-refractivity contribution in [1.82, 2.24) is 4.31 Å². The second-order valence-electron chi connectivity index (χ2n) is 4.97. The van der Waals surface area contributed by atoms with Gasteiger partial charge in [-0.1, -0.05) is 0 Å². The highest BCUT2D eigenvalue weighted by molar-refractivity contribution is 7.89. The minimum absolute atomic E-state index is 0.0874. The zero-order chi connectivity index (χ0) is 14.9. The third-order valence-electron chi connectivity index (χ3n) is 3.38. The van der Waals surface area contributed by atoms with Crippen molar-refractivity contribution in [2.75, 3.05) is 19.8 Å². The van der Waals surface area contributed by atoms with E-state index in [0.717, 1.165) is 6.07 Å². The molecule has 0 spiro atoms. The first-order valence-corrected chi connectivity index (χ1v) is 7.80. The first kappa shape index (κ1) is 15.4. The summed E-state index contributed by atoms with van der Waals surface area (Å²) in [6, 6.07) is 3.28. The molecule has 0 radical (unpaired) electrons. The maximum Gasteiger partial charge on any atom is 0.243 e. The lowest BCUT2D eigenvalue weighted by molar-refractivity contribution is -0.0516. The number of halogens is 1. The SMILES string of the molecule is Cc1cc(F)ccc1S(=O)(=O)N1CC(CO)OCC1C. The van der Waals surface area contributed by atoms with Crippen molar-refractivity contribution < 1.29 is 22.7 Å². The molecule has 0 aromatic heterocycles. The number of aliphatic hydroxyl groups is 1. The number of hydrogen-bond acceptors (Lipinski definition) is 4. The third kappa shape index (κ3) is 2.85. The summed E-state index contributed by atoms with van der Waals surface area (Å²) in [6.45, 7) is 3.39. The number of aryl methyl sites for hydroxylation is 1. The number of sulfonamides is 1. The largest absolute Gasteiger partial charge is 0.394 e. The normalized spacial score (nSPS) is 24.8. The monoisotopic (exact) mass is 303 g/mol. The van der Waals surface area contributed by atoms with Crippen LogP contribution in [0.1, 0.15) is 12.5 Å². The van der Waals surface area contributed by atoms with Crippen molar-refractivity contribution in [3.8, 4) is 0 Å². The van der Waals surface area contributed by atoms with Gasteiger partial charge in [0.2, 0.25) is 10.0 Å². The summed E-state index contributed by atoms with van der Waals surface area (Å²) in [4.78, 5) is 0.0874. The van der Waals surface area contributed by atoms with Crippen LogP contribution >= 0.6 is 0 Å². The molecule has 20 heavy (non-hydrogen) atoms. The van der Waals surface area contributed by atoms with Crippen LogP contribution in [-0.4, -0.2) is 49.7 Å². The molecule has 1 aliphatic rings. The molecule has 2 atom stereocenters. The molecule has 1 N–H and O–H groups in total. The summed E-state index contributed by atoms with van der Waals surface area (Å²) < 4.78 is 45.1. The van der Waals surface area contributed by atoms with E-state index in [1.165, 1.54) is 16.4 Å². The molecule has 1 fully saturated rings. The Balaban J connectivity index is 2.38. The van der Waals surface area contributed by atoms with E-state index >= 15 is 0 Å². The maximum absolute atomic E-state index is 13.1. The molecule has 1 heterocycles. The Hall–Kier alpha value is -1.02. The summed E-state index contributed by atoms with van der Waals surface area (Å²) in [5.74, 6) is -0.468. The molecule has 0 amide bonds. The van der Waals surface area contributed by atoms with Gasteiger partial charge in [0.1, 0.15) is 5.82 Å². The number of hydrogen-bond donors (Lipinski definition) is 1. The van der Waals surface area contributed by atoms with E-state index in [9.17, 15) is 12.8 Å². The van der Waals surface area contributed by atoms with Crippen LogP contribution in [0.4, 0.5) is 4.39 Å². The zero-order valence-corrected chi connectivity index (χ0v) is 12.2. The molecule has 1 aromatic rings. The molecule has 0 aliphatic carbocycles. The van der Waals surface area contributed by atoms with Gasteiger partial charge in [0, 0.05) is 12.6 Å². The predicted octanol–water partition coefficient (Wildman–Crippen LogP) is 0.904. The lowest BCUT2D eigenvalue weighted by Crippen LogP contribution is -2.51. The minimum atomic E-state index is -3.73. The van der Waals surface area contributed by atoms with Gasteiger partial charge < -0.3 is 9.84 Å². The van der Waals surface area contributed by atoms with Crippen molar-refractivity contribution in [2.24, 2.45) is 0 Å². The van der Waals surface area contributed by atoms with E-state index in [-0.39, 0.29) is 30.7 Å². The second kappa shape index (κ2) is 5.77. The summed E-state index contributed by atoms with van der Waals surface area (Å²) in [5.41, 5.74) is 0.365. The van der Waals surface area contributed by atoms with Crippen LogP contribution in [0.2, 0.25) is 0 Å². The van der Waals surface area contributed by atoms with Crippen molar-refractivity contribution in [2.45, 2.75) is 30.9 Å². The third-order valence-corrected chi connectivity index (χ3v) is 5.52. The highest BCUT2D eigenvalue weighted by atomic mass is 32.2. The topological polar surface area (TPSA) is 66.8 Å². The maximum atomic E-state index is 13.1. The Morgan fingerprint density at radius 2 is 2.20 bits per heavy atom. The average molecular weight is 303 g/mol. The van der Waals surface area contributed by atoms with Gasteiger partial charge in [-0.3, -0.25) is 0 Å². The molecule has 5 nitrogen and oxygen atoms in total. The van der Waals surface area contributed by atoms with E-state index in [2.05, 4.69) is 0 Å². The van der Waals surface area contributed by atoms with Gasteiger partial charge in [0.15, 0.2) is 0 Å². The van der Waals surface area contributed by atoms with E-state index < -0.39 is 21.9 Å². The van der Waals surface area contributed by atoms with E-state index in [0.29, 0.717) is 5.56 Å². The summed E-state index contributed by atoms with van der Waals surface area (Å²) >= 11 is 0. The van der Waals surface area contributed by atoms with Crippen molar-refractivity contribution >= 4 is 10.0 Å². The molecular formula is C13H18FNO4S. The van der Waals surface area contributed by atoms with Gasteiger partial charge in [-0.05, 0) is 37.6 Å². The van der Waals surface area contributed by atoms with Gasteiger partial charge in [-0.15, -0.1) is 0 Å². The highest BCUT2D eigenvalue weighted by Crippen LogP contribution is 2.25. The summed E-state index contributed by atoms with van der Waals surface area (Å²) in [7, 11) is -3.73. The van der Waals surface area contributed by atoms with Gasteiger partial charge in [-0.25, -0.2) is 12.8 Å². The Bertz CT molecular complexity index is 590. The van der Waals surface area contributed by atoms with Gasteiger partial charge in [0.25, 0.3) is 0 Å². The van der Waals surface area contributed by atoms with Crippen LogP contribution in [-0.2, 0) is 14.8 Å². The number of rotatable bonds is 3. The number of benzene rings is 1. The molecule has 0 bridgehead atoms. The number of morpholine rings is 1. The van der Waals surface area contributed by atoms with Crippen LogP contribution in [0.25, 0.3) is 0 Å². The first-order chi connectivity index (χ1) is 9.36. The Morgan fingerprint density at radius 1 is 1.50 bits per heavy atom. The summed E-state index contributed by atoms with van der Waals surface area (Å²) in [5, 5.41) is 9.13. The molecule has 2 rings (SSSR count). The molecule has 1 saturated heterocycles. The molecular weight excluding hydrogens is 285 g/mol. The quantitative estimate of drug-likeness (QED) is 0.901. The standard InChI is InChI=1S/C13H18FNO4S/c1-9-5-11(14)3-4-13(9)20(17,18)15-6-12(7-16)19-8-10(15)2/h3-5,10,12,16H,6-8H2,1-2H3. The fraction of sp³-hybridized carbons (Fsp3) is 0.538. The fourth-order valence-electron chi connectivity index (χ4n) is 2.27. The van der Waals surface area contributed by atoms with Gasteiger partial charge >= 0.3 is 0 Å². The molecule has 0 saturated carbocycles. The Kier molecular flexibility index (Phi) is 4.43. The smallest absolute Gasteiger partial charge is 0.243 e. The first-order valence-electron chi connectivity index (χ1n) is 6.36. The molecule has 2 unspecified atom stereocenters. The van der Waals surface area contributed by atoms with Crippen molar-refractivity contribution in [3.63, 3.8) is 0 Å². The summed E-state index contributed by atoms with van der Waals surface area (Å²) in [6.07, 6.45) is -0.526. The van der Waals surface area contributed by atoms with E-state index in [1.54, 1.807) is 13.8 Å². The predicted molar refractivity (Wildman–Crippen MR) is 71.3 cm³/mol.